The molecule has 1 aliphatic rings. The zero-order valence-electron chi connectivity index (χ0n) is 13.2. The topological polar surface area (TPSA) is 84.0 Å². The Morgan fingerprint density at radius 2 is 2.39 bits per heavy atom. The van der Waals surface area contributed by atoms with Gasteiger partial charge in [-0.1, -0.05) is 13.0 Å². The number of H-pyrrole nitrogens is 1. The maximum Gasteiger partial charge on any atom is 0.223 e. The highest BCUT2D eigenvalue weighted by Crippen LogP contribution is 2.20. The minimum absolute atomic E-state index is 0.121. The number of amides is 1. The molecule has 1 N–H and O–H groups in total. The summed E-state index contributed by atoms with van der Waals surface area (Å²) in [5.41, 5.74) is 0.937. The van der Waals surface area contributed by atoms with E-state index in [1.54, 1.807) is 6.20 Å². The second kappa shape index (κ2) is 7.32. The lowest BCUT2D eigenvalue weighted by atomic mass is 10.2. The number of carbonyl (C=O) groups excluding carboxylic acids is 1. The number of nitrogens with zero attached hydrogens (tertiary/aromatic N) is 4. The summed E-state index contributed by atoms with van der Waals surface area (Å²) < 4.78 is 5.71. The maximum atomic E-state index is 12.4. The van der Waals surface area contributed by atoms with E-state index in [2.05, 4.69) is 20.2 Å². The second-order valence-corrected chi connectivity index (χ2v) is 5.51. The summed E-state index contributed by atoms with van der Waals surface area (Å²) in [6.07, 6.45) is 3.41. The molecule has 1 fully saturated rings. The Morgan fingerprint density at radius 1 is 1.48 bits per heavy atom. The molecule has 7 nitrogen and oxygen atoms in total. The molecule has 0 bridgehead atoms. The lowest BCUT2D eigenvalue weighted by molar-refractivity contribution is -0.139. The first kappa shape index (κ1) is 15.6. The number of hydrogen-bond acceptors (Lipinski definition) is 5. The van der Waals surface area contributed by atoms with E-state index in [4.69, 9.17) is 4.74 Å². The molecule has 7 heteroatoms. The minimum Gasteiger partial charge on any atom is -0.366 e. The van der Waals surface area contributed by atoms with Crippen LogP contribution in [0, 0.1) is 0 Å². The summed E-state index contributed by atoms with van der Waals surface area (Å²) in [6, 6.07) is 5.75. The molecule has 1 atom stereocenters. The largest absolute Gasteiger partial charge is 0.366 e. The van der Waals surface area contributed by atoms with Crippen molar-refractivity contribution in [2.75, 3.05) is 19.7 Å². The highest BCUT2D eigenvalue weighted by atomic mass is 16.5. The van der Waals surface area contributed by atoms with Crippen molar-refractivity contribution in [1.82, 2.24) is 25.1 Å². The lowest BCUT2D eigenvalue weighted by Crippen LogP contribution is -2.42. The number of aryl methyl sites for hydroxylation is 2. The Hall–Kier alpha value is -2.28. The van der Waals surface area contributed by atoms with Crippen LogP contribution in [0.25, 0.3) is 0 Å². The van der Waals surface area contributed by atoms with Crippen LogP contribution in [0.5, 0.6) is 0 Å². The van der Waals surface area contributed by atoms with Crippen LogP contribution in [-0.2, 0) is 22.4 Å². The summed E-state index contributed by atoms with van der Waals surface area (Å²) in [5, 5.41) is 7.08. The average molecular weight is 315 g/mol. The van der Waals surface area contributed by atoms with Crippen LogP contribution in [0.15, 0.2) is 24.4 Å². The van der Waals surface area contributed by atoms with Gasteiger partial charge in [0.05, 0.1) is 13.2 Å². The Balaban J connectivity index is 1.56. The van der Waals surface area contributed by atoms with Gasteiger partial charge in [-0.15, -0.1) is 0 Å². The normalized spacial score (nSPS) is 18.1. The van der Waals surface area contributed by atoms with Crippen LogP contribution >= 0.6 is 0 Å². The van der Waals surface area contributed by atoms with Crippen LogP contribution < -0.4 is 0 Å². The fourth-order valence-electron chi connectivity index (χ4n) is 2.58. The van der Waals surface area contributed by atoms with Crippen molar-refractivity contribution in [3.05, 3.63) is 41.7 Å². The quantitative estimate of drug-likeness (QED) is 0.899. The van der Waals surface area contributed by atoms with Crippen molar-refractivity contribution < 1.29 is 9.53 Å². The van der Waals surface area contributed by atoms with Gasteiger partial charge in [0, 0.05) is 31.3 Å². The van der Waals surface area contributed by atoms with Gasteiger partial charge < -0.3 is 9.64 Å². The van der Waals surface area contributed by atoms with E-state index in [-0.39, 0.29) is 12.0 Å². The number of aromatic nitrogens is 4. The fourth-order valence-corrected chi connectivity index (χ4v) is 2.58. The van der Waals surface area contributed by atoms with Crippen LogP contribution in [0.1, 0.15) is 36.8 Å². The molecule has 1 amide bonds. The molecule has 0 aliphatic carbocycles. The Kier molecular flexibility index (Phi) is 4.97. The number of rotatable bonds is 5. The highest BCUT2D eigenvalue weighted by Gasteiger charge is 2.27. The SMILES string of the molecule is CCc1nc([C@H]2CN(C(=O)CCc3ccccn3)CCO2)n[nH]1. The molecule has 3 rings (SSSR count). The Bertz CT molecular complexity index is 643. The van der Waals surface area contributed by atoms with Gasteiger partial charge in [0.25, 0.3) is 0 Å². The van der Waals surface area contributed by atoms with Crippen molar-refractivity contribution in [2.24, 2.45) is 0 Å². The highest BCUT2D eigenvalue weighted by molar-refractivity contribution is 5.76. The van der Waals surface area contributed by atoms with E-state index >= 15 is 0 Å². The molecule has 0 aromatic carbocycles. The lowest BCUT2D eigenvalue weighted by Gasteiger charge is -2.31. The smallest absolute Gasteiger partial charge is 0.223 e. The van der Waals surface area contributed by atoms with Gasteiger partial charge in [-0.25, -0.2) is 4.98 Å². The zero-order valence-corrected chi connectivity index (χ0v) is 13.2. The van der Waals surface area contributed by atoms with Gasteiger partial charge in [0.2, 0.25) is 5.91 Å². The van der Waals surface area contributed by atoms with E-state index < -0.39 is 0 Å². The molecule has 122 valence electrons. The van der Waals surface area contributed by atoms with Crippen molar-refractivity contribution in [3.63, 3.8) is 0 Å². The summed E-state index contributed by atoms with van der Waals surface area (Å²) in [7, 11) is 0. The first-order chi connectivity index (χ1) is 11.3. The molecular formula is C16H21N5O2. The molecule has 0 radical (unpaired) electrons. The predicted molar refractivity (Wildman–Crippen MR) is 83.6 cm³/mol. The van der Waals surface area contributed by atoms with Crippen LogP contribution in [0.2, 0.25) is 0 Å². The molecule has 0 spiro atoms. The molecule has 0 unspecified atom stereocenters. The first-order valence-electron chi connectivity index (χ1n) is 7.96. The van der Waals surface area contributed by atoms with E-state index in [0.717, 1.165) is 17.9 Å². The molecule has 2 aromatic rings. The third-order valence-corrected chi connectivity index (χ3v) is 3.91. The molecule has 1 aliphatic heterocycles. The van der Waals surface area contributed by atoms with E-state index in [9.17, 15) is 4.79 Å². The van der Waals surface area contributed by atoms with Gasteiger partial charge >= 0.3 is 0 Å². The molecule has 1 saturated heterocycles. The minimum atomic E-state index is -0.251. The van der Waals surface area contributed by atoms with Crippen molar-refractivity contribution in [1.29, 1.82) is 0 Å². The van der Waals surface area contributed by atoms with Gasteiger partial charge in [0.15, 0.2) is 5.82 Å². The summed E-state index contributed by atoms with van der Waals surface area (Å²) in [6.45, 7) is 3.64. The van der Waals surface area contributed by atoms with Crippen LogP contribution in [0.3, 0.4) is 0 Å². The van der Waals surface area contributed by atoms with Crippen LogP contribution in [0.4, 0.5) is 0 Å². The molecule has 0 saturated carbocycles. The molecule has 23 heavy (non-hydrogen) atoms. The first-order valence-corrected chi connectivity index (χ1v) is 7.96. The van der Waals surface area contributed by atoms with Gasteiger partial charge in [-0.3, -0.25) is 14.9 Å². The third kappa shape index (κ3) is 3.92. The Labute approximate surface area is 135 Å². The Morgan fingerprint density at radius 3 is 3.13 bits per heavy atom. The summed E-state index contributed by atoms with van der Waals surface area (Å²) in [4.78, 5) is 22.9. The number of carbonyl (C=O) groups is 1. The van der Waals surface area contributed by atoms with Crippen molar-refractivity contribution in [2.45, 2.75) is 32.3 Å². The monoisotopic (exact) mass is 315 g/mol. The van der Waals surface area contributed by atoms with E-state index in [1.807, 2.05) is 30.0 Å². The number of aromatic amines is 1. The summed E-state index contributed by atoms with van der Waals surface area (Å²) >= 11 is 0. The van der Waals surface area contributed by atoms with Gasteiger partial charge in [-0.2, -0.15) is 5.10 Å². The number of ether oxygens (including phenoxy) is 1. The average Bonchev–Trinajstić information content (AvgIpc) is 3.10. The van der Waals surface area contributed by atoms with E-state index in [0.29, 0.717) is 38.4 Å². The number of nitrogens with one attached hydrogen (secondary N) is 1. The molecule has 2 aromatic heterocycles. The summed E-state index contributed by atoms with van der Waals surface area (Å²) in [5.74, 6) is 1.58. The standard InChI is InChI=1S/C16H21N5O2/c1-2-14-18-16(20-19-14)13-11-21(9-10-23-13)15(22)7-6-12-5-3-4-8-17-12/h3-5,8,13H,2,6-7,9-11H2,1H3,(H,18,19,20)/t13-/m1/s1. The predicted octanol–water partition coefficient (Wildman–Crippen LogP) is 1.29. The van der Waals surface area contributed by atoms with Gasteiger partial charge in [-0.05, 0) is 18.6 Å². The molecular weight excluding hydrogens is 294 g/mol. The fraction of sp³-hybridized carbons (Fsp3) is 0.500. The second-order valence-electron chi connectivity index (χ2n) is 5.51. The van der Waals surface area contributed by atoms with Crippen molar-refractivity contribution in [3.8, 4) is 0 Å². The maximum absolute atomic E-state index is 12.4. The number of morpholine rings is 1. The molecule has 3 heterocycles. The van der Waals surface area contributed by atoms with Crippen molar-refractivity contribution >= 4 is 5.91 Å². The number of hydrogen-bond donors (Lipinski definition) is 1. The van der Waals surface area contributed by atoms with Gasteiger partial charge in [0.1, 0.15) is 11.9 Å². The van der Waals surface area contributed by atoms with Crippen LogP contribution in [-0.4, -0.2) is 50.7 Å². The third-order valence-electron chi connectivity index (χ3n) is 3.91. The zero-order chi connectivity index (χ0) is 16.1. The number of pyridine rings is 1. The van der Waals surface area contributed by atoms with E-state index in [1.165, 1.54) is 0 Å².